The third kappa shape index (κ3) is 3.08. The quantitative estimate of drug-likeness (QED) is 0.246. The Morgan fingerprint density at radius 1 is 0.744 bits per heavy atom. The molecule has 6 aromatic rings. The fourth-order valence-electron chi connectivity index (χ4n) is 6.35. The molecule has 0 unspecified atom stereocenters. The molecular weight excluding hydrogens is 482 g/mol. The Balaban J connectivity index is 1.24. The lowest BCUT2D eigenvalue weighted by Crippen LogP contribution is -2.26. The monoisotopic (exact) mass is 509 g/mol. The number of rotatable bonds is 3. The fourth-order valence-corrected chi connectivity index (χ4v) is 6.35. The van der Waals surface area contributed by atoms with Crippen LogP contribution in [0.3, 0.4) is 0 Å². The van der Waals surface area contributed by atoms with E-state index < -0.39 is 0 Å². The van der Waals surface area contributed by atoms with Crippen LogP contribution in [0.4, 0.5) is 17.2 Å². The molecule has 0 atom stereocenters. The molecule has 6 nitrogen and oxygen atoms in total. The standard InChI is InChI=1S/C33H27N5O/c1-33(2)26-11-5-10-25-24-15-14-23(19-29(24)38(30(25)26)31-27(33)12-6-16-34-31)39-22-9-4-8-21(18-22)37-20-36(3)28-13-7-17-35-32(28)37/h4-19H,20H2,1-3H3. The molecule has 5 heterocycles. The predicted octanol–water partition coefficient (Wildman–Crippen LogP) is 7.55. The van der Waals surface area contributed by atoms with Gasteiger partial charge in [-0.3, -0.25) is 4.57 Å². The van der Waals surface area contributed by atoms with Gasteiger partial charge in [0.15, 0.2) is 5.82 Å². The van der Waals surface area contributed by atoms with Crippen molar-refractivity contribution in [2.75, 3.05) is 23.5 Å². The summed E-state index contributed by atoms with van der Waals surface area (Å²) in [7, 11) is 2.09. The van der Waals surface area contributed by atoms with E-state index in [0.29, 0.717) is 0 Å². The summed E-state index contributed by atoms with van der Waals surface area (Å²) in [4.78, 5) is 13.9. The zero-order chi connectivity index (χ0) is 26.3. The Kier molecular flexibility index (Phi) is 4.45. The number of nitrogens with zero attached hydrogens (tertiary/aromatic N) is 5. The second-order valence-electron chi connectivity index (χ2n) is 10.9. The first-order valence-electron chi connectivity index (χ1n) is 13.3. The molecule has 2 aliphatic rings. The summed E-state index contributed by atoms with van der Waals surface area (Å²) >= 11 is 0. The largest absolute Gasteiger partial charge is 0.457 e. The van der Waals surface area contributed by atoms with E-state index in [1.807, 2.05) is 36.7 Å². The Morgan fingerprint density at radius 3 is 2.41 bits per heavy atom. The first-order valence-corrected chi connectivity index (χ1v) is 13.3. The molecule has 0 fully saturated rings. The van der Waals surface area contributed by atoms with Crippen molar-refractivity contribution < 1.29 is 4.74 Å². The van der Waals surface area contributed by atoms with Crippen LogP contribution in [-0.4, -0.2) is 28.3 Å². The van der Waals surface area contributed by atoms with E-state index in [-0.39, 0.29) is 5.41 Å². The van der Waals surface area contributed by atoms with Gasteiger partial charge < -0.3 is 14.5 Å². The van der Waals surface area contributed by atoms with Crippen LogP contribution in [0.15, 0.2) is 97.3 Å². The minimum atomic E-state index is -0.135. The third-order valence-corrected chi connectivity index (χ3v) is 8.26. The third-order valence-electron chi connectivity index (χ3n) is 8.26. The van der Waals surface area contributed by atoms with Crippen LogP contribution in [0.5, 0.6) is 11.5 Å². The summed E-state index contributed by atoms with van der Waals surface area (Å²) in [6.07, 6.45) is 3.73. The molecule has 2 aliphatic heterocycles. The van der Waals surface area contributed by atoms with Crippen molar-refractivity contribution in [3.8, 4) is 17.3 Å². The molecule has 6 heteroatoms. The van der Waals surface area contributed by atoms with E-state index in [9.17, 15) is 0 Å². The van der Waals surface area contributed by atoms with Gasteiger partial charge in [-0.1, -0.05) is 44.2 Å². The molecule has 190 valence electrons. The minimum Gasteiger partial charge on any atom is -0.457 e. The minimum absolute atomic E-state index is 0.135. The Labute approximate surface area is 226 Å². The van der Waals surface area contributed by atoms with Gasteiger partial charge in [0.25, 0.3) is 0 Å². The number of fused-ring (bicyclic) bond motifs is 6. The van der Waals surface area contributed by atoms with Gasteiger partial charge in [0.05, 0.1) is 23.4 Å². The lowest BCUT2D eigenvalue weighted by molar-refractivity contribution is 0.483. The van der Waals surface area contributed by atoms with E-state index in [1.54, 1.807) is 0 Å². The van der Waals surface area contributed by atoms with Crippen molar-refractivity contribution in [2.24, 2.45) is 0 Å². The van der Waals surface area contributed by atoms with Crippen LogP contribution in [0.25, 0.3) is 27.6 Å². The maximum absolute atomic E-state index is 6.48. The summed E-state index contributed by atoms with van der Waals surface area (Å²) in [6.45, 7) is 5.32. The highest BCUT2D eigenvalue weighted by Gasteiger charge is 2.35. The molecular formula is C33H27N5O. The molecule has 0 saturated carbocycles. The van der Waals surface area contributed by atoms with Gasteiger partial charge in [0.2, 0.25) is 0 Å². The summed E-state index contributed by atoms with van der Waals surface area (Å²) in [6, 6.07) is 29.5. The van der Waals surface area contributed by atoms with Gasteiger partial charge in [0, 0.05) is 59.0 Å². The van der Waals surface area contributed by atoms with Crippen LogP contribution in [0.1, 0.15) is 25.0 Å². The molecule has 3 aromatic heterocycles. The average Bonchev–Trinajstić information content (AvgIpc) is 3.47. The van der Waals surface area contributed by atoms with Crippen molar-refractivity contribution >= 4 is 39.0 Å². The molecule has 0 bridgehead atoms. The lowest BCUT2D eigenvalue weighted by Gasteiger charge is -2.33. The predicted molar refractivity (Wildman–Crippen MR) is 157 cm³/mol. The first kappa shape index (κ1) is 22.2. The zero-order valence-electron chi connectivity index (χ0n) is 22.1. The molecule has 0 radical (unpaired) electrons. The SMILES string of the molecule is CN1CN(c2cccc(Oc3ccc4c5cccc6c5n(c4c3)-c3ncccc3C6(C)C)c2)c2ncccc21. The van der Waals surface area contributed by atoms with Gasteiger partial charge in [-0.2, -0.15) is 0 Å². The number of para-hydroxylation sites is 1. The number of hydrogen-bond acceptors (Lipinski definition) is 5. The normalized spacial score (nSPS) is 15.1. The molecule has 0 aliphatic carbocycles. The van der Waals surface area contributed by atoms with Crippen LogP contribution in [0, 0.1) is 0 Å². The van der Waals surface area contributed by atoms with Gasteiger partial charge >= 0.3 is 0 Å². The zero-order valence-corrected chi connectivity index (χ0v) is 22.1. The highest BCUT2D eigenvalue weighted by Crippen LogP contribution is 2.47. The summed E-state index contributed by atoms with van der Waals surface area (Å²) in [5.41, 5.74) is 6.91. The molecule has 0 N–H and O–H groups in total. The second kappa shape index (κ2) is 7.84. The fraction of sp³-hybridized carbons (Fsp3) is 0.152. The van der Waals surface area contributed by atoms with Gasteiger partial charge in [-0.05, 0) is 48.0 Å². The maximum atomic E-state index is 6.48. The van der Waals surface area contributed by atoms with Crippen LogP contribution in [-0.2, 0) is 5.41 Å². The summed E-state index contributed by atoms with van der Waals surface area (Å²) in [5, 5.41) is 2.44. The summed E-state index contributed by atoms with van der Waals surface area (Å²) < 4.78 is 8.79. The van der Waals surface area contributed by atoms with Crippen molar-refractivity contribution in [1.82, 2.24) is 14.5 Å². The van der Waals surface area contributed by atoms with Crippen molar-refractivity contribution in [3.63, 3.8) is 0 Å². The van der Waals surface area contributed by atoms with Gasteiger partial charge in [-0.15, -0.1) is 0 Å². The number of pyridine rings is 2. The topological polar surface area (TPSA) is 46.4 Å². The van der Waals surface area contributed by atoms with E-state index in [1.165, 1.54) is 27.4 Å². The first-order chi connectivity index (χ1) is 19.0. The molecule has 8 rings (SSSR count). The second-order valence-corrected chi connectivity index (χ2v) is 10.9. The lowest BCUT2D eigenvalue weighted by atomic mass is 9.76. The summed E-state index contributed by atoms with van der Waals surface area (Å²) in [5.74, 6) is 3.53. The van der Waals surface area contributed by atoms with Crippen molar-refractivity contribution in [1.29, 1.82) is 0 Å². The number of ether oxygens (including phenoxy) is 1. The van der Waals surface area contributed by atoms with E-state index in [0.717, 1.165) is 46.7 Å². The smallest absolute Gasteiger partial charge is 0.158 e. The van der Waals surface area contributed by atoms with E-state index >= 15 is 0 Å². The Hall–Kier alpha value is -4.84. The van der Waals surface area contributed by atoms with E-state index in [2.05, 4.69) is 101 Å². The Bertz CT molecular complexity index is 1940. The molecule has 0 saturated heterocycles. The number of anilines is 3. The molecule has 0 spiro atoms. The molecule has 3 aromatic carbocycles. The highest BCUT2D eigenvalue weighted by atomic mass is 16.5. The molecule has 39 heavy (non-hydrogen) atoms. The van der Waals surface area contributed by atoms with Crippen LogP contribution < -0.4 is 14.5 Å². The van der Waals surface area contributed by atoms with Crippen molar-refractivity contribution in [2.45, 2.75) is 19.3 Å². The Morgan fingerprint density at radius 2 is 1.51 bits per heavy atom. The highest BCUT2D eigenvalue weighted by molar-refractivity contribution is 6.11. The number of hydrogen-bond donors (Lipinski definition) is 0. The van der Waals surface area contributed by atoms with Crippen LogP contribution >= 0.6 is 0 Å². The maximum Gasteiger partial charge on any atom is 0.158 e. The van der Waals surface area contributed by atoms with Crippen molar-refractivity contribution in [3.05, 3.63) is 108 Å². The van der Waals surface area contributed by atoms with Gasteiger partial charge in [0.1, 0.15) is 17.3 Å². The van der Waals surface area contributed by atoms with E-state index in [4.69, 9.17) is 9.72 Å². The molecule has 0 amide bonds. The van der Waals surface area contributed by atoms with Gasteiger partial charge in [-0.25, -0.2) is 9.97 Å². The average molecular weight is 510 g/mol. The number of benzene rings is 3. The van der Waals surface area contributed by atoms with Crippen LogP contribution in [0.2, 0.25) is 0 Å². The number of aromatic nitrogens is 3.